The van der Waals surface area contributed by atoms with Crippen molar-refractivity contribution in [2.24, 2.45) is 5.92 Å². The van der Waals surface area contributed by atoms with Crippen LogP contribution in [0, 0.1) is 16.0 Å². The monoisotopic (exact) mass is 324 g/mol. The molecule has 130 valence electrons. The normalized spacial score (nSPS) is 13.8. The molecule has 0 aliphatic heterocycles. The number of nitro groups is 1. The summed E-state index contributed by atoms with van der Waals surface area (Å²) < 4.78 is 5.41. The zero-order valence-electron chi connectivity index (χ0n) is 14.2. The largest absolute Gasteiger partial charge is 0.491 e. The van der Waals surface area contributed by atoms with E-state index in [1.54, 1.807) is 12.1 Å². The van der Waals surface area contributed by atoms with Gasteiger partial charge in [0, 0.05) is 18.7 Å². The number of hydrogen-bond donors (Lipinski definition) is 2. The number of aliphatic hydroxyl groups excluding tert-OH is 1. The third kappa shape index (κ3) is 8.52. The maximum Gasteiger partial charge on any atom is 0.273 e. The van der Waals surface area contributed by atoms with Gasteiger partial charge in [-0.05, 0) is 25.3 Å². The second-order valence-corrected chi connectivity index (χ2v) is 6.35. The molecule has 0 saturated carbocycles. The lowest BCUT2D eigenvalue weighted by Crippen LogP contribution is -2.36. The summed E-state index contributed by atoms with van der Waals surface area (Å²) in [5.41, 5.74) is -0.0195. The number of aliphatic hydroxyl groups is 1. The van der Waals surface area contributed by atoms with Crippen LogP contribution in [-0.2, 0) is 0 Å². The van der Waals surface area contributed by atoms with Gasteiger partial charge in [-0.3, -0.25) is 10.1 Å². The van der Waals surface area contributed by atoms with Crippen molar-refractivity contribution in [2.75, 3.05) is 13.2 Å². The minimum absolute atomic E-state index is 0.0195. The molecule has 0 aliphatic carbocycles. The molecule has 0 heterocycles. The molecule has 0 fully saturated rings. The molecular formula is C17H28N2O4. The van der Waals surface area contributed by atoms with E-state index in [1.807, 2.05) is 0 Å². The number of hydrogen-bond acceptors (Lipinski definition) is 5. The van der Waals surface area contributed by atoms with Crippen molar-refractivity contribution in [2.45, 2.75) is 52.2 Å². The first-order chi connectivity index (χ1) is 10.9. The SMILES string of the molecule is CC(C)CCC[C@@H](C)NC[C@@H](O)COc1cccc([N+](=O)[O-])c1. The maximum atomic E-state index is 10.7. The second kappa shape index (κ2) is 10.2. The third-order valence-corrected chi connectivity index (χ3v) is 3.59. The first kappa shape index (κ1) is 19.4. The van der Waals surface area contributed by atoms with E-state index in [9.17, 15) is 15.2 Å². The van der Waals surface area contributed by atoms with E-state index in [0.717, 1.165) is 12.3 Å². The summed E-state index contributed by atoms with van der Waals surface area (Å²) in [6, 6.07) is 6.32. The number of nitrogens with zero attached hydrogens (tertiary/aromatic N) is 1. The zero-order valence-corrected chi connectivity index (χ0v) is 14.2. The topological polar surface area (TPSA) is 84.6 Å². The van der Waals surface area contributed by atoms with Gasteiger partial charge in [-0.15, -0.1) is 0 Å². The molecule has 2 atom stereocenters. The van der Waals surface area contributed by atoms with Crippen LogP contribution in [0.1, 0.15) is 40.0 Å². The Morgan fingerprint density at radius 3 is 2.70 bits per heavy atom. The number of nitro benzene ring substituents is 1. The van der Waals surface area contributed by atoms with Gasteiger partial charge in [0.25, 0.3) is 5.69 Å². The molecule has 0 bridgehead atoms. The van der Waals surface area contributed by atoms with Crippen molar-refractivity contribution in [3.05, 3.63) is 34.4 Å². The predicted octanol–water partition coefficient (Wildman–Crippen LogP) is 3.14. The van der Waals surface area contributed by atoms with Crippen molar-refractivity contribution < 1.29 is 14.8 Å². The fraction of sp³-hybridized carbons (Fsp3) is 0.647. The van der Waals surface area contributed by atoms with E-state index in [4.69, 9.17) is 4.74 Å². The second-order valence-electron chi connectivity index (χ2n) is 6.35. The first-order valence-corrected chi connectivity index (χ1v) is 8.17. The van der Waals surface area contributed by atoms with Gasteiger partial charge in [-0.1, -0.05) is 32.8 Å². The summed E-state index contributed by atoms with van der Waals surface area (Å²) in [5.74, 6) is 1.11. The van der Waals surface area contributed by atoms with E-state index in [-0.39, 0.29) is 12.3 Å². The summed E-state index contributed by atoms with van der Waals surface area (Å²) in [5, 5.41) is 23.9. The Labute approximate surface area is 138 Å². The molecule has 2 N–H and O–H groups in total. The Balaban J connectivity index is 2.25. The Morgan fingerprint density at radius 2 is 2.04 bits per heavy atom. The lowest BCUT2D eigenvalue weighted by molar-refractivity contribution is -0.384. The van der Waals surface area contributed by atoms with Crippen LogP contribution in [0.3, 0.4) is 0 Å². The van der Waals surface area contributed by atoms with Crippen molar-refractivity contribution in [3.63, 3.8) is 0 Å². The van der Waals surface area contributed by atoms with E-state index >= 15 is 0 Å². The van der Waals surface area contributed by atoms with E-state index in [2.05, 4.69) is 26.1 Å². The van der Waals surface area contributed by atoms with Gasteiger partial charge in [0.1, 0.15) is 18.5 Å². The van der Waals surface area contributed by atoms with Crippen LogP contribution < -0.4 is 10.1 Å². The lowest BCUT2D eigenvalue weighted by Gasteiger charge is -2.18. The highest BCUT2D eigenvalue weighted by molar-refractivity contribution is 5.37. The standard InChI is InChI=1S/C17H28N2O4/c1-13(2)6-4-7-14(3)18-11-16(20)12-23-17-9-5-8-15(10-17)19(21)22/h5,8-10,13-14,16,18,20H,4,6-7,11-12H2,1-3H3/t14-,16-/m1/s1. The molecule has 1 aromatic carbocycles. The average Bonchev–Trinajstić information content (AvgIpc) is 2.50. The van der Waals surface area contributed by atoms with Gasteiger partial charge in [-0.2, -0.15) is 0 Å². The van der Waals surface area contributed by atoms with Crippen LogP contribution in [0.25, 0.3) is 0 Å². The highest BCUT2D eigenvalue weighted by Crippen LogP contribution is 2.19. The van der Waals surface area contributed by atoms with Crippen molar-refractivity contribution >= 4 is 5.69 Å². The third-order valence-electron chi connectivity index (χ3n) is 3.59. The molecular weight excluding hydrogens is 296 g/mol. The summed E-state index contributed by atoms with van der Waals surface area (Å²) in [7, 11) is 0. The van der Waals surface area contributed by atoms with Crippen LogP contribution in [0.2, 0.25) is 0 Å². The van der Waals surface area contributed by atoms with Crippen LogP contribution in [0.15, 0.2) is 24.3 Å². The van der Waals surface area contributed by atoms with Crippen molar-refractivity contribution in [1.82, 2.24) is 5.32 Å². The molecule has 1 rings (SSSR count). The average molecular weight is 324 g/mol. The van der Waals surface area contributed by atoms with Crippen LogP contribution in [0.4, 0.5) is 5.69 Å². The number of rotatable bonds is 11. The molecule has 0 aliphatic rings. The van der Waals surface area contributed by atoms with E-state index in [0.29, 0.717) is 18.3 Å². The van der Waals surface area contributed by atoms with Gasteiger partial charge in [0.15, 0.2) is 0 Å². The number of ether oxygens (including phenoxy) is 1. The van der Waals surface area contributed by atoms with Crippen molar-refractivity contribution in [3.8, 4) is 5.75 Å². The van der Waals surface area contributed by atoms with Gasteiger partial charge in [-0.25, -0.2) is 0 Å². The minimum Gasteiger partial charge on any atom is -0.491 e. The predicted molar refractivity (Wildman–Crippen MR) is 90.8 cm³/mol. The summed E-state index contributed by atoms with van der Waals surface area (Å²) in [4.78, 5) is 10.2. The van der Waals surface area contributed by atoms with Gasteiger partial charge in [0.2, 0.25) is 0 Å². The van der Waals surface area contributed by atoms with Crippen LogP contribution >= 0.6 is 0 Å². The number of nitrogens with one attached hydrogen (secondary N) is 1. The van der Waals surface area contributed by atoms with Crippen LogP contribution in [-0.4, -0.2) is 35.3 Å². The Bertz CT molecular complexity index is 479. The summed E-state index contributed by atoms with van der Waals surface area (Å²) in [6.45, 7) is 7.08. The molecule has 0 amide bonds. The highest BCUT2D eigenvalue weighted by Gasteiger charge is 2.10. The number of non-ortho nitro benzene ring substituents is 1. The molecule has 6 nitrogen and oxygen atoms in total. The Kier molecular flexibility index (Phi) is 8.58. The molecule has 0 unspecified atom stereocenters. The molecule has 0 saturated heterocycles. The van der Waals surface area contributed by atoms with Gasteiger partial charge < -0.3 is 15.2 Å². The van der Waals surface area contributed by atoms with E-state index < -0.39 is 11.0 Å². The molecule has 0 spiro atoms. The van der Waals surface area contributed by atoms with Crippen molar-refractivity contribution in [1.29, 1.82) is 0 Å². The molecule has 6 heteroatoms. The van der Waals surface area contributed by atoms with Gasteiger partial charge in [0.05, 0.1) is 11.0 Å². The van der Waals surface area contributed by atoms with Crippen LogP contribution in [0.5, 0.6) is 5.75 Å². The number of benzene rings is 1. The minimum atomic E-state index is -0.651. The molecule has 0 radical (unpaired) electrons. The molecule has 23 heavy (non-hydrogen) atoms. The highest BCUT2D eigenvalue weighted by atomic mass is 16.6. The fourth-order valence-corrected chi connectivity index (χ4v) is 2.21. The molecule has 1 aromatic rings. The quantitative estimate of drug-likeness (QED) is 0.482. The molecule has 0 aromatic heterocycles. The maximum absolute atomic E-state index is 10.7. The smallest absolute Gasteiger partial charge is 0.273 e. The Hall–Kier alpha value is -1.66. The lowest BCUT2D eigenvalue weighted by atomic mass is 10.0. The summed E-state index contributed by atoms with van der Waals surface area (Å²) >= 11 is 0. The Morgan fingerprint density at radius 1 is 1.30 bits per heavy atom. The summed E-state index contributed by atoms with van der Waals surface area (Å²) in [6.07, 6.45) is 2.81. The fourth-order valence-electron chi connectivity index (χ4n) is 2.21. The van der Waals surface area contributed by atoms with E-state index in [1.165, 1.54) is 25.0 Å². The first-order valence-electron chi connectivity index (χ1n) is 8.17. The van der Waals surface area contributed by atoms with Gasteiger partial charge >= 0.3 is 0 Å². The zero-order chi connectivity index (χ0) is 17.2.